The maximum atomic E-state index is 6.34. The summed E-state index contributed by atoms with van der Waals surface area (Å²) >= 11 is 0. The molecule has 28 heavy (non-hydrogen) atoms. The van der Waals surface area contributed by atoms with Crippen LogP contribution in [0.3, 0.4) is 0 Å². The number of anilines is 1. The topological polar surface area (TPSA) is 53.5 Å². The number of piperidine rings is 1. The SMILES string of the molecule is C1CN2CCCC2(COc2nc3c(c(N4CC5CCC(C5)C4)n2)CCNC3)C1. The Labute approximate surface area is 168 Å². The number of nitrogens with one attached hydrogen (secondary N) is 1. The molecule has 0 radical (unpaired) electrons. The summed E-state index contributed by atoms with van der Waals surface area (Å²) in [6.07, 6.45) is 10.4. The van der Waals surface area contributed by atoms with Gasteiger partial charge in [-0.25, -0.2) is 0 Å². The summed E-state index contributed by atoms with van der Waals surface area (Å²) in [5.74, 6) is 2.91. The van der Waals surface area contributed by atoms with E-state index in [4.69, 9.17) is 14.7 Å². The second-order valence-corrected chi connectivity index (χ2v) is 9.84. The van der Waals surface area contributed by atoms with Crippen LogP contribution < -0.4 is 15.0 Å². The Morgan fingerprint density at radius 2 is 1.86 bits per heavy atom. The van der Waals surface area contributed by atoms with E-state index in [1.165, 1.54) is 82.5 Å². The molecule has 1 N–H and O–H groups in total. The van der Waals surface area contributed by atoms with Crippen molar-refractivity contribution in [3.05, 3.63) is 11.3 Å². The van der Waals surface area contributed by atoms with Crippen molar-refractivity contribution in [3.63, 3.8) is 0 Å². The molecule has 0 aromatic carbocycles. The average Bonchev–Trinajstić information content (AvgIpc) is 3.39. The minimum absolute atomic E-state index is 0.252. The summed E-state index contributed by atoms with van der Waals surface area (Å²) in [7, 11) is 0. The lowest BCUT2D eigenvalue weighted by atomic mass is 9.95. The molecule has 1 aliphatic carbocycles. The maximum absolute atomic E-state index is 6.34. The fourth-order valence-electron chi connectivity index (χ4n) is 6.68. The number of fused-ring (bicyclic) bond motifs is 4. The molecule has 6 heteroatoms. The normalized spacial score (nSPS) is 31.1. The predicted molar refractivity (Wildman–Crippen MR) is 109 cm³/mol. The van der Waals surface area contributed by atoms with E-state index in [0.29, 0.717) is 6.01 Å². The molecule has 152 valence electrons. The highest BCUT2D eigenvalue weighted by Crippen LogP contribution is 2.41. The lowest BCUT2D eigenvalue weighted by Crippen LogP contribution is -2.43. The van der Waals surface area contributed by atoms with Gasteiger partial charge in [0.05, 0.1) is 11.2 Å². The monoisotopic (exact) mass is 383 g/mol. The summed E-state index contributed by atoms with van der Waals surface area (Å²) in [6, 6.07) is 0.614. The molecular weight excluding hydrogens is 350 g/mol. The van der Waals surface area contributed by atoms with Gasteiger partial charge in [-0.1, -0.05) is 0 Å². The number of hydrogen-bond donors (Lipinski definition) is 1. The molecule has 1 aromatic rings. The van der Waals surface area contributed by atoms with E-state index in [-0.39, 0.29) is 5.54 Å². The van der Waals surface area contributed by atoms with Gasteiger partial charge in [0.25, 0.3) is 0 Å². The van der Waals surface area contributed by atoms with Crippen LogP contribution in [-0.2, 0) is 13.0 Å². The molecule has 2 atom stereocenters. The van der Waals surface area contributed by atoms with Gasteiger partial charge in [-0.2, -0.15) is 9.97 Å². The first kappa shape index (κ1) is 17.5. The van der Waals surface area contributed by atoms with E-state index < -0.39 is 0 Å². The summed E-state index contributed by atoms with van der Waals surface area (Å²) in [5.41, 5.74) is 2.78. The summed E-state index contributed by atoms with van der Waals surface area (Å²) in [6.45, 7) is 7.45. The van der Waals surface area contributed by atoms with Gasteiger partial charge in [0, 0.05) is 25.2 Å². The van der Waals surface area contributed by atoms with E-state index in [9.17, 15) is 0 Å². The molecule has 4 aliphatic heterocycles. The van der Waals surface area contributed by atoms with Gasteiger partial charge in [0.1, 0.15) is 12.4 Å². The van der Waals surface area contributed by atoms with Crippen LogP contribution in [0.1, 0.15) is 56.2 Å². The van der Waals surface area contributed by atoms with Crippen molar-refractivity contribution < 1.29 is 4.74 Å². The van der Waals surface area contributed by atoms with Gasteiger partial charge in [-0.3, -0.25) is 4.90 Å². The Hall–Kier alpha value is -1.40. The molecule has 6 rings (SSSR count). The van der Waals surface area contributed by atoms with Crippen molar-refractivity contribution >= 4 is 5.82 Å². The van der Waals surface area contributed by atoms with Crippen LogP contribution >= 0.6 is 0 Å². The Morgan fingerprint density at radius 3 is 2.64 bits per heavy atom. The minimum atomic E-state index is 0.252. The molecule has 6 nitrogen and oxygen atoms in total. The molecule has 1 aromatic heterocycles. The van der Waals surface area contributed by atoms with Gasteiger partial charge in [0.15, 0.2) is 0 Å². The standard InChI is InChI=1S/C22H33N5O/c1-6-22(7-2-10-27(22)9-1)15-28-21-24-19-12-23-8-5-18(19)20(25-21)26-13-16-3-4-17(11-16)14-26/h16-17,23H,1-15H2. The third-order valence-corrected chi connectivity index (χ3v) is 8.08. The maximum Gasteiger partial charge on any atom is 0.318 e. The van der Waals surface area contributed by atoms with Gasteiger partial charge < -0.3 is 15.0 Å². The second kappa shape index (κ2) is 6.84. The molecule has 3 saturated heterocycles. The first-order chi connectivity index (χ1) is 13.8. The van der Waals surface area contributed by atoms with E-state index in [1.54, 1.807) is 0 Å². The van der Waals surface area contributed by atoms with Gasteiger partial charge in [-0.05, 0) is 82.8 Å². The number of rotatable bonds is 4. The summed E-state index contributed by atoms with van der Waals surface area (Å²) < 4.78 is 6.34. The molecule has 2 unspecified atom stereocenters. The quantitative estimate of drug-likeness (QED) is 0.862. The molecule has 0 amide bonds. The highest BCUT2D eigenvalue weighted by molar-refractivity contribution is 5.52. The third kappa shape index (κ3) is 2.91. The van der Waals surface area contributed by atoms with Crippen LogP contribution in [0, 0.1) is 11.8 Å². The molecule has 0 spiro atoms. The summed E-state index contributed by atoms with van der Waals surface area (Å²) in [4.78, 5) is 15.1. The van der Waals surface area contributed by atoms with E-state index >= 15 is 0 Å². The van der Waals surface area contributed by atoms with Gasteiger partial charge in [0.2, 0.25) is 0 Å². The smallest absolute Gasteiger partial charge is 0.318 e. The van der Waals surface area contributed by atoms with Crippen molar-refractivity contribution in [2.24, 2.45) is 11.8 Å². The molecule has 1 saturated carbocycles. The molecular formula is C22H33N5O. The zero-order chi connectivity index (χ0) is 18.6. The van der Waals surface area contributed by atoms with E-state index in [0.717, 1.165) is 43.6 Å². The second-order valence-electron chi connectivity index (χ2n) is 9.84. The zero-order valence-electron chi connectivity index (χ0n) is 17.0. The Morgan fingerprint density at radius 1 is 1.07 bits per heavy atom. The Bertz CT molecular complexity index is 731. The minimum Gasteiger partial charge on any atom is -0.461 e. The van der Waals surface area contributed by atoms with Crippen molar-refractivity contribution in [2.75, 3.05) is 44.2 Å². The Balaban J connectivity index is 1.28. The highest BCUT2D eigenvalue weighted by Gasteiger charge is 2.45. The van der Waals surface area contributed by atoms with Crippen molar-refractivity contribution in [3.8, 4) is 6.01 Å². The summed E-state index contributed by atoms with van der Waals surface area (Å²) in [5, 5.41) is 3.49. The van der Waals surface area contributed by atoms with Crippen molar-refractivity contribution in [1.29, 1.82) is 0 Å². The van der Waals surface area contributed by atoms with E-state index in [2.05, 4.69) is 15.1 Å². The van der Waals surface area contributed by atoms with Crippen LogP contribution in [0.25, 0.3) is 0 Å². The van der Waals surface area contributed by atoms with Crippen LogP contribution in [0.2, 0.25) is 0 Å². The van der Waals surface area contributed by atoms with Crippen molar-refractivity contribution in [2.45, 2.75) is 63.5 Å². The predicted octanol–water partition coefficient (Wildman–Crippen LogP) is 2.37. The zero-order valence-corrected chi connectivity index (χ0v) is 17.0. The first-order valence-corrected chi connectivity index (χ1v) is 11.5. The first-order valence-electron chi connectivity index (χ1n) is 11.5. The Kier molecular flexibility index (Phi) is 4.26. The van der Waals surface area contributed by atoms with E-state index in [1.807, 2.05) is 0 Å². The molecule has 5 heterocycles. The molecule has 2 bridgehead atoms. The third-order valence-electron chi connectivity index (χ3n) is 8.08. The largest absolute Gasteiger partial charge is 0.461 e. The average molecular weight is 384 g/mol. The van der Waals surface area contributed by atoms with Gasteiger partial charge >= 0.3 is 6.01 Å². The number of ether oxygens (including phenoxy) is 1. The molecule has 4 fully saturated rings. The number of aromatic nitrogens is 2. The fourth-order valence-corrected chi connectivity index (χ4v) is 6.68. The van der Waals surface area contributed by atoms with Crippen LogP contribution in [0.5, 0.6) is 6.01 Å². The highest BCUT2D eigenvalue weighted by atomic mass is 16.5. The molecule has 5 aliphatic rings. The fraction of sp³-hybridized carbons (Fsp3) is 0.818. The number of nitrogens with zero attached hydrogens (tertiary/aromatic N) is 4. The lowest BCUT2D eigenvalue weighted by Gasteiger charge is -2.35. The van der Waals surface area contributed by atoms with Crippen LogP contribution in [0.4, 0.5) is 5.82 Å². The van der Waals surface area contributed by atoms with Crippen LogP contribution in [0.15, 0.2) is 0 Å². The van der Waals surface area contributed by atoms with Crippen LogP contribution in [-0.4, -0.2) is 59.7 Å². The van der Waals surface area contributed by atoms with Gasteiger partial charge in [-0.15, -0.1) is 0 Å². The van der Waals surface area contributed by atoms with Crippen molar-refractivity contribution in [1.82, 2.24) is 20.2 Å². The number of hydrogen-bond acceptors (Lipinski definition) is 6. The lowest BCUT2D eigenvalue weighted by molar-refractivity contribution is 0.107.